The Hall–Kier alpha value is -3.22. The molecule has 7 nitrogen and oxygen atoms in total. The van der Waals surface area contributed by atoms with Gasteiger partial charge in [0.1, 0.15) is 12.7 Å². The molecule has 1 saturated carbocycles. The number of piperazine rings is 1. The minimum atomic E-state index is -0.0276. The average molecular weight is 428 g/mol. The Bertz CT molecular complexity index is 1080. The van der Waals surface area contributed by atoms with Gasteiger partial charge in [-0.15, -0.1) is 0 Å². The molecular weight excluding hydrogens is 398 g/mol. The van der Waals surface area contributed by atoms with Gasteiger partial charge in [-0.2, -0.15) is 10.2 Å². The van der Waals surface area contributed by atoms with Crippen LogP contribution in [0.25, 0.3) is 0 Å². The fourth-order valence-electron chi connectivity index (χ4n) is 6.85. The number of para-hydroxylation sites is 2. The van der Waals surface area contributed by atoms with Crippen molar-refractivity contribution in [2.45, 2.75) is 69.0 Å². The summed E-state index contributed by atoms with van der Waals surface area (Å²) in [6, 6.07) is 19.1. The first kappa shape index (κ1) is 18.4. The van der Waals surface area contributed by atoms with Gasteiger partial charge in [0.15, 0.2) is 12.3 Å². The number of nitrogens with zero attached hydrogens (tertiary/aromatic N) is 5. The molecule has 7 rings (SSSR count). The van der Waals surface area contributed by atoms with Crippen molar-refractivity contribution in [1.29, 1.82) is 0 Å². The van der Waals surface area contributed by atoms with Crippen molar-refractivity contribution in [2.75, 3.05) is 4.90 Å². The van der Waals surface area contributed by atoms with Crippen molar-refractivity contribution in [3.05, 3.63) is 59.7 Å². The van der Waals surface area contributed by atoms with Crippen LogP contribution in [0.2, 0.25) is 0 Å². The second kappa shape index (κ2) is 6.40. The highest BCUT2D eigenvalue weighted by molar-refractivity contribution is 5.79. The van der Waals surface area contributed by atoms with E-state index in [4.69, 9.17) is 0 Å². The van der Waals surface area contributed by atoms with E-state index in [-0.39, 0.29) is 17.7 Å². The lowest BCUT2D eigenvalue weighted by Crippen LogP contribution is -2.74. The fourth-order valence-corrected chi connectivity index (χ4v) is 6.85. The normalized spacial score (nSPS) is 32.9. The van der Waals surface area contributed by atoms with Gasteiger partial charge in [-0.1, -0.05) is 50.2 Å². The Balaban J connectivity index is 1.40. The lowest BCUT2D eigenvalue weighted by Gasteiger charge is -2.58. The van der Waals surface area contributed by atoms with Gasteiger partial charge in [-0.25, -0.2) is 0 Å². The largest absolute Gasteiger partial charge is 0.336 e. The Kier molecular flexibility index (Phi) is 3.67. The molecular formula is C25H29N7. The lowest BCUT2D eigenvalue weighted by atomic mass is 9.72. The van der Waals surface area contributed by atoms with Crippen molar-refractivity contribution in [2.24, 2.45) is 10.2 Å². The molecule has 0 spiro atoms. The first-order chi connectivity index (χ1) is 15.7. The standard InChI is InChI=1S/C25H29N7/c1-25(2)16-8-3-5-10-18(16)32(19-11-6-4-9-17(19)25)21-13-7-12-20-22(21)31-15-27-29-24(31)23-28-26-14-30(20)23/h3-6,8-11,14-15,20-24,28-29H,7,12-13H2,1-2H3. The van der Waals surface area contributed by atoms with E-state index < -0.39 is 0 Å². The number of benzene rings is 2. The maximum atomic E-state index is 4.48. The molecule has 4 heterocycles. The third kappa shape index (κ3) is 2.26. The highest BCUT2D eigenvalue weighted by Crippen LogP contribution is 2.52. The molecule has 7 heteroatoms. The van der Waals surface area contributed by atoms with Gasteiger partial charge in [0.05, 0.1) is 18.1 Å². The molecule has 32 heavy (non-hydrogen) atoms. The van der Waals surface area contributed by atoms with Crippen molar-refractivity contribution >= 4 is 24.1 Å². The van der Waals surface area contributed by atoms with E-state index in [1.54, 1.807) is 0 Å². The van der Waals surface area contributed by atoms with Crippen LogP contribution in [0.5, 0.6) is 0 Å². The summed E-state index contributed by atoms with van der Waals surface area (Å²) in [6.45, 7) is 4.71. The molecule has 2 aromatic carbocycles. The molecule has 2 N–H and O–H groups in total. The maximum absolute atomic E-state index is 4.48. The summed E-state index contributed by atoms with van der Waals surface area (Å²) < 4.78 is 0. The molecule has 1 saturated heterocycles. The van der Waals surface area contributed by atoms with Crippen molar-refractivity contribution in [3.8, 4) is 0 Å². The van der Waals surface area contributed by atoms with Crippen LogP contribution in [-0.2, 0) is 5.41 Å². The van der Waals surface area contributed by atoms with E-state index in [0.717, 1.165) is 6.42 Å². The number of nitrogens with one attached hydrogen (secondary N) is 2. The van der Waals surface area contributed by atoms with Gasteiger partial charge in [0.25, 0.3) is 0 Å². The van der Waals surface area contributed by atoms with Crippen LogP contribution < -0.4 is 15.8 Å². The monoisotopic (exact) mass is 427 g/mol. The van der Waals surface area contributed by atoms with Gasteiger partial charge in [0, 0.05) is 16.8 Å². The predicted molar refractivity (Wildman–Crippen MR) is 127 cm³/mol. The van der Waals surface area contributed by atoms with Crippen LogP contribution in [0.4, 0.5) is 11.4 Å². The summed E-state index contributed by atoms with van der Waals surface area (Å²) in [5, 5.41) is 8.90. The molecule has 5 aliphatic rings. The SMILES string of the molecule is CC1(C)c2ccccc2N(C2CCCC3C2N2C=NNC2C2NN=CN32)c2ccccc21. The molecule has 0 amide bonds. The van der Waals surface area contributed by atoms with E-state index in [1.807, 2.05) is 12.7 Å². The van der Waals surface area contributed by atoms with E-state index >= 15 is 0 Å². The molecule has 0 radical (unpaired) electrons. The van der Waals surface area contributed by atoms with Crippen LogP contribution in [0, 0.1) is 0 Å². The Morgan fingerprint density at radius 2 is 1.34 bits per heavy atom. The second-order valence-corrected chi connectivity index (χ2v) is 10.1. The zero-order chi connectivity index (χ0) is 21.4. The summed E-state index contributed by atoms with van der Waals surface area (Å²) in [5.74, 6) is 0. The summed E-state index contributed by atoms with van der Waals surface area (Å²) in [7, 11) is 0. The summed E-state index contributed by atoms with van der Waals surface area (Å²) >= 11 is 0. The lowest BCUT2D eigenvalue weighted by molar-refractivity contribution is -0.0134. The number of hydrogen-bond donors (Lipinski definition) is 2. The minimum absolute atomic E-state index is 0.0276. The third-order valence-electron chi connectivity index (χ3n) is 8.26. The number of rotatable bonds is 1. The van der Waals surface area contributed by atoms with E-state index in [1.165, 1.54) is 35.3 Å². The Labute approximate surface area is 188 Å². The van der Waals surface area contributed by atoms with Crippen LogP contribution >= 0.6 is 0 Å². The first-order valence-electron chi connectivity index (χ1n) is 11.8. The molecule has 2 aromatic rings. The highest BCUT2D eigenvalue weighted by atomic mass is 15.6. The summed E-state index contributed by atoms with van der Waals surface area (Å²) in [5.41, 5.74) is 12.1. The quantitative estimate of drug-likeness (QED) is 0.732. The van der Waals surface area contributed by atoms with Crippen molar-refractivity contribution < 1.29 is 0 Å². The minimum Gasteiger partial charge on any atom is -0.336 e. The molecule has 1 aliphatic carbocycles. The van der Waals surface area contributed by atoms with E-state index in [2.05, 4.69) is 98.1 Å². The number of fused-ring (bicyclic) bond motifs is 8. The molecule has 0 aromatic heterocycles. The number of hydrogen-bond acceptors (Lipinski definition) is 7. The van der Waals surface area contributed by atoms with E-state index in [9.17, 15) is 0 Å². The predicted octanol–water partition coefficient (Wildman–Crippen LogP) is 3.12. The second-order valence-electron chi connectivity index (χ2n) is 10.1. The van der Waals surface area contributed by atoms with Gasteiger partial charge in [-0.05, 0) is 42.5 Å². The molecule has 5 atom stereocenters. The molecule has 164 valence electrons. The summed E-state index contributed by atoms with van der Waals surface area (Å²) in [4.78, 5) is 7.55. The Morgan fingerprint density at radius 3 is 2.03 bits per heavy atom. The van der Waals surface area contributed by atoms with Crippen LogP contribution in [0.3, 0.4) is 0 Å². The highest BCUT2D eigenvalue weighted by Gasteiger charge is 2.55. The fraction of sp³-hybridized carbons (Fsp3) is 0.440. The third-order valence-corrected chi connectivity index (χ3v) is 8.26. The zero-order valence-corrected chi connectivity index (χ0v) is 18.5. The van der Waals surface area contributed by atoms with Gasteiger partial charge in [0.2, 0.25) is 0 Å². The summed E-state index contributed by atoms with van der Waals surface area (Å²) in [6.07, 6.45) is 7.77. The maximum Gasteiger partial charge on any atom is 0.157 e. The van der Waals surface area contributed by atoms with Crippen molar-refractivity contribution in [1.82, 2.24) is 20.7 Å². The van der Waals surface area contributed by atoms with Crippen LogP contribution in [0.1, 0.15) is 44.2 Å². The van der Waals surface area contributed by atoms with Crippen LogP contribution in [0.15, 0.2) is 58.7 Å². The van der Waals surface area contributed by atoms with Crippen molar-refractivity contribution in [3.63, 3.8) is 0 Å². The number of hydrazone groups is 2. The smallest absolute Gasteiger partial charge is 0.157 e. The molecule has 0 bridgehead atoms. The van der Waals surface area contributed by atoms with E-state index in [0.29, 0.717) is 18.1 Å². The molecule has 5 unspecified atom stereocenters. The van der Waals surface area contributed by atoms with Gasteiger partial charge < -0.3 is 14.7 Å². The van der Waals surface area contributed by atoms with Gasteiger partial charge in [-0.3, -0.25) is 10.9 Å². The average Bonchev–Trinajstić information content (AvgIpc) is 3.49. The Morgan fingerprint density at radius 1 is 0.781 bits per heavy atom. The topological polar surface area (TPSA) is 58.5 Å². The zero-order valence-electron chi connectivity index (χ0n) is 18.5. The first-order valence-corrected chi connectivity index (χ1v) is 11.8. The molecule has 2 fully saturated rings. The molecule has 4 aliphatic heterocycles. The number of anilines is 2. The van der Waals surface area contributed by atoms with Crippen LogP contribution in [-0.4, -0.2) is 52.9 Å². The van der Waals surface area contributed by atoms with Gasteiger partial charge >= 0.3 is 0 Å².